The molecule has 0 aliphatic carbocycles. The predicted molar refractivity (Wildman–Crippen MR) is 62.1 cm³/mol. The second-order valence-electron chi connectivity index (χ2n) is 4.02. The van der Waals surface area contributed by atoms with E-state index in [1.807, 2.05) is 0 Å². The van der Waals surface area contributed by atoms with E-state index >= 15 is 0 Å². The van der Waals surface area contributed by atoms with E-state index in [1.165, 1.54) is 0 Å². The van der Waals surface area contributed by atoms with Gasteiger partial charge in [-0.15, -0.1) is 0 Å². The molecule has 0 atom stereocenters. The molecule has 0 spiro atoms. The summed E-state index contributed by atoms with van der Waals surface area (Å²) in [7, 11) is 1.11. The van der Waals surface area contributed by atoms with Crippen molar-refractivity contribution in [2.75, 3.05) is 7.11 Å². The van der Waals surface area contributed by atoms with Crippen LogP contribution in [0.5, 0.6) is 0 Å². The van der Waals surface area contributed by atoms with E-state index in [0.717, 1.165) is 19.3 Å². The van der Waals surface area contributed by atoms with Gasteiger partial charge in [0.05, 0.1) is 24.7 Å². The van der Waals surface area contributed by atoms with E-state index < -0.39 is 29.4 Å². The van der Waals surface area contributed by atoms with Gasteiger partial charge in [0.1, 0.15) is 0 Å². The zero-order valence-corrected chi connectivity index (χ0v) is 10.7. The lowest BCUT2D eigenvalue weighted by molar-refractivity contribution is -0.143. The maximum Gasteiger partial charge on any atom is 0.416 e. The van der Waals surface area contributed by atoms with Gasteiger partial charge in [-0.1, -0.05) is 12.2 Å². The van der Waals surface area contributed by atoms with Crippen molar-refractivity contribution >= 4 is 12.0 Å². The number of methoxy groups -OCH3 is 1. The number of alkyl halides is 6. The minimum absolute atomic E-state index is 0.0393. The van der Waals surface area contributed by atoms with Gasteiger partial charge in [-0.25, -0.2) is 0 Å². The summed E-state index contributed by atoms with van der Waals surface area (Å²) in [6.07, 6.45) is -7.92. The summed E-state index contributed by atoms with van der Waals surface area (Å²) in [6.45, 7) is 0. The van der Waals surface area contributed by atoms with Crippen molar-refractivity contribution in [3.63, 3.8) is 0 Å². The quantitative estimate of drug-likeness (QED) is 0.614. The number of hydrogen-bond acceptors (Lipinski definition) is 2. The van der Waals surface area contributed by atoms with Crippen molar-refractivity contribution in [1.29, 1.82) is 0 Å². The Balaban J connectivity index is 3.17. The molecule has 0 aliphatic heterocycles. The van der Waals surface area contributed by atoms with E-state index in [1.54, 1.807) is 0 Å². The summed E-state index contributed by atoms with van der Waals surface area (Å²) in [4.78, 5) is 10.8. The van der Waals surface area contributed by atoms with Crippen molar-refractivity contribution in [3.05, 3.63) is 41.0 Å². The second-order valence-corrected chi connectivity index (χ2v) is 4.02. The minimum atomic E-state index is -4.90. The van der Waals surface area contributed by atoms with Gasteiger partial charge in [0, 0.05) is 0 Å². The number of benzene rings is 1. The van der Waals surface area contributed by atoms with Crippen LogP contribution in [0.1, 0.15) is 23.1 Å². The fraction of sp³-hybridized carbons (Fsp3) is 0.308. The standard InChI is InChI=1S/C13H10F6O2/c1-21-11(20)4-2-3-8-5-9(12(14,15)16)7-10(6-8)13(17,18)19/h2-3,5-7H,4H2,1H3. The molecule has 0 aliphatic rings. The predicted octanol–water partition coefficient (Wildman–Crippen LogP) is 4.30. The second kappa shape index (κ2) is 6.19. The Morgan fingerprint density at radius 3 is 1.90 bits per heavy atom. The minimum Gasteiger partial charge on any atom is -0.469 e. The molecule has 1 aromatic carbocycles. The molecule has 0 saturated carbocycles. The zero-order chi connectivity index (χ0) is 16.3. The number of halogens is 6. The Kier molecular flexibility index (Phi) is 5.03. The molecule has 2 nitrogen and oxygen atoms in total. The van der Waals surface area contributed by atoms with Crippen LogP contribution in [-0.2, 0) is 21.9 Å². The summed E-state index contributed by atoms with van der Waals surface area (Å²) >= 11 is 0. The normalized spacial score (nSPS) is 12.7. The summed E-state index contributed by atoms with van der Waals surface area (Å²) < 4.78 is 79.7. The third-order valence-electron chi connectivity index (χ3n) is 2.43. The van der Waals surface area contributed by atoms with E-state index in [0.29, 0.717) is 12.1 Å². The van der Waals surface area contributed by atoms with Crippen LogP contribution in [0.15, 0.2) is 24.3 Å². The van der Waals surface area contributed by atoms with Crippen molar-refractivity contribution in [3.8, 4) is 0 Å². The SMILES string of the molecule is COC(=O)CC=Cc1cc(C(F)(F)F)cc(C(F)(F)F)c1. The van der Waals surface area contributed by atoms with E-state index in [2.05, 4.69) is 4.74 Å². The third-order valence-corrected chi connectivity index (χ3v) is 2.43. The van der Waals surface area contributed by atoms with E-state index in [4.69, 9.17) is 0 Å². The van der Waals surface area contributed by atoms with Crippen LogP contribution in [0.2, 0.25) is 0 Å². The first-order chi connectivity index (χ1) is 9.54. The summed E-state index contributed by atoms with van der Waals surface area (Å²) in [5.41, 5.74) is -3.12. The lowest BCUT2D eigenvalue weighted by Gasteiger charge is -2.12. The molecule has 0 radical (unpaired) electrons. The molecule has 0 saturated heterocycles. The Labute approximate surface area is 116 Å². The Morgan fingerprint density at radius 1 is 1.05 bits per heavy atom. The molecule has 1 aromatic rings. The number of rotatable bonds is 3. The third kappa shape index (κ3) is 5.13. The van der Waals surface area contributed by atoms with Crippen molar-refractivity contribution in [1.82, 2.24) is 0 Å². The molecule has 0 amide bonds. The molecule has 0 unspecified atom stereocenters. The highest BCUT2D eigenvalue weighted by Gasteiger charge is 2.36. The fourth-order valence-electron chi connectivity index (χ4n) is 1.45. The molecule has 0 N–H and O–H groups in total. The van der Waals surface area contributed by atoms with Crippen molar-refractivity contribution < 1.29 is 35.9 Å². The maximum absolute atomic E-state index is 12.6. The van der Waals surface area contributed by atoms with E-state index in [-0.39, 0.29) is 18.1 Å². The highest BCUT2D eigenvalue weighted by molar-refractivity contribution is 5.72. The lowest BCUT2D eigenvalue weighted by Crippen LogP contribution is -2.11. The first kappa shape index (κ1) is 17.1. The van der Waals surface area contributed by atoms with Gasteiger partial charge in [0.15, 0.2) is 0 Å². The lowest BCUT2D eigenvalue weighted by atomic mass is 10.0. The number of ether oxygens (including phenoxy) is 1. The van der Waals surface area contributed by atoms with Crippen LogP contribution < -0.4 is 0 Å². The molecule has 0 fully saturated rings. The average Bonchev–Trinajstić information content (AvgIpc) is 2.36. The van der Waals surface area contributed by atoms with Crippen LogP contribution in [0.3, 0.4) is 0 Å². The Morgan fingerprint density at radius 2 is 1.52 bits per heavy atom. The molecule has 8 heteroatoms. The molecule has 116 valence electrons. The van der Waals surface area contributed by atoms with Gasteiger partial charge < -0.3 is 4.74 Å². The Bertz CT molecular complexity index is 510. The van der Waals surface area contributed by atoms with Crippen LogP contribution in [0.4, 0.5) is 26.3 Å². The van der Waals surface area contributed by atoms with Crippen molar-refractivity contribution in [2.45, 2.75) is 18.8 Å². The smallest absolute Gasteiger partial charge is 0.416 e. The first-order valence-electron chi connectivity index (χ1n) is 5.57. The van der Waals surface area contributed by atoms with Gasteiger partial charge in [0.25, 0.3) is 0 Å². The molecule has 0 aromatic heterocycles. The topological polar surface area (TPSA) is 26.3 Å². The highest BCUT2D eigenvalue weighted by atomic mass is 19.4. The maximum atomic E-state index is 12.6. The summed E-state index contributed by atoms with van der Waals surface area (Å²) in [5, 5.41) is 0. The molecular weight excluding hydrogens is 302 g/mol. The van der Waals surface area contributed by atoms with Gasteiger partial charge in [-0.05, 0) is 23.8 Å². The van der Waals surface area contributed by atoms with E-state index in [9.17, 15) is 31.1 Å². The van der Waals surface area contributed by atoms with Gasteiger partial charge in [0.2, 0.25) is 0 Å². The zero-order valence-electron chi connectivity index (χ0n) is 10.7. The number of hydrogen-bond donors (Lipinski definition) is 0. The first-order valence-corrected chi connectivity index (χ1v) is 5.57. The molecule has 0 bridgehead atoms. The molecule has 1 rings (SSSR count). The van der Waals surface area contributed by atoms with Crippen LogP contribution in [0.25, 0.3) is 6.08 Å². The average molecular weight is 312 g/mol. The summed E-state index contributed by atoms with van der Waals surface area (Å²) in [5.74, 6) is -0.658. The fourth-order valence-corrected chi connectivity index (χ4v) is 1.45. The number of esters is 1. The van der Waals surface area contributed by atoms with Crippen LogP contribution in [0, 0.1) is 0 Å². The van der Waals surface area contributed by atoms with Crippen LogP contribution >= 0.6 is 0 Å². The van der Waals surface area contributed by atoms with Crippen molar-refractivity contribution in [2.24, 2.45) is 0 Å². The molecule has 0 heterocycles. The molecular formula is C13H10F6O2. The largest absolute Gasteiger partial charge is 0.469 e. The summed E-state index contributed by atoms with van der Waals surface area (Å²) in [6, 6.07) is 1.18. The number of carbonyl (C=O) groups excluding carboxylic acids is 1. The monoisotopic (exact) mass is 312 g/mol. The van der Waals surface area contributed by atoms with Gasteiger partial charge in [-0.2, -0.15) is 26.3 Å². The van der Waals surface area contributed by atoms with Crippen LogP contribution in [-0.4, -0.2) is 13.1 Å². The highest BCUT2D eigenvalue weighted by Crippen LogP contribution is 2.36. The number of carbonyl (C=O) groups is 1. The molecule has 21 heavy (non-hydrogen) atoms. The van der Waals surface area contributed by atoms with Gasteiger partial charge in [-0.3, -0.25) is 4.79 Å². The Hall–Kier alpha value is -1.99. The van der Waals surface area contributed by atoms with Gasteiger partial charge >= 0.3 is 18.3 Å².